The van der Waals surface area contributed by atoms with Crippen molar-refractivity contribution in [2.24, 2.45) is 0 Å². The molecule has 25 heavy (non-hydrogen) atoms. The van der Waals surface area contributed by atoms with Gasteiger partial charge in [0.1, 0.15) is 0 Å². The van der Waals surface area contributed by atoms with Gasteiger partial charge in [-0.25, -0.2) is 0 Å². The topological polar surface area (TPSA) is 52.7 Å². The third kappa shape index (κ3) is 5.38. The molecule has 1 fully saturated rings. The van der Waals surface area contributed by atoms with Gasteiger partial charge in [-0.15, -0.1) is 0 Å². The van der Waals surface area contributed by atoms with Crippen molar-refractivity contribution >= 4 is 11.7 Å². The molecular weight excluding hydrogens is 314 g/mol. The number of hydrogen-bond donors (Lipinski definition) is 1. The highest BCUT2D eigenvalue weighted by Gasteiger charge is 2.22. The fourth-order valence-electron chi connectivity index (χ4n) is 2.97. The molecule has 1 amide bonds. The van der Waals surface area contributed by atoms with E-state index in [1.807, 2.05) is 12.1 Å². The molecule has 1 heterocycles. The van der Waals surface area contributed by atoms with E-state index in [0.717, 1.165) is 31.7 Å². The van der Waals surface area contributed by atoms with Crippen LogP contribution < -0.4 is 5.32 Å². The molecule has 1 N–H and O–H groups in total. The van der Waals surface area contributed by atoms with Crippen LogP contribution in [-0.2, 0) is 10.2 Å². The number of rotatable bonds is 5. The van der Waals surface area contributed by atoms with Crippen molar-refractivity contribution in [1.29, 1.82) is 0 Å². The summed E-state index contributed by atoms with van der Waals surface area (Å²) in [5, 5.41) is 2.79. The van der Waals surface area contributed by atoms with E-state index in [9.17, 15) is 9.59 Å². The zero-order valence-electron chi connectivity index (χ0n) is 16.1. The molecule has 1 saturated heterocycles. The van der Waals surface area contributed by atoms with Crippen LogP contribution in [0.2, 0.25) is 0 Å². The van der Waals surface area contributed by atoms with Gasteiger partial charge in [0, 0.05) is 44.3 Å². The molecule has 1 aliphatic rings. The average Bonchev–Trinajstić information content (AvgIpc) is 2.58. The number of carbonyl (C=O) groups excluding carboxylic acids is 2. The number of piperazine rings is 1. The van der Waals surface area contributed by atoms with Crippen molar-refractivity contribution in [3.63, 3.8) is 0 Å². The second-order valence-corrected chi connectivity index (χ2v) is 8.05. The molecule has 1 aromatic rings. The van der Waals surface area contributed by atoms with Crippen molar-refractivity contribution in [2.45, 2.75) is 39.2 Å². The minimum atomic E-state index is -0.524. The molecule has 5 heteroatoms. The second-order valence-electron chi connectivity index (χ2n) is 8.05. The summed E-state index contributed by atoms with van der Waals surface area (Å²) in [5.41, 5.74) is 1.62. The molecule has 0 spiro atoms. The van der Waals surface area contributed by atoms with Gasteiger partial charge in [0.2, 0.25) is 5.78 Å². The van der Waals surface area contributed by atoms with Crippen LogP contribution in [0.5, 0.6) is 0 Å². The Kier molecular flexibility index (Phi) is 6.36. The number of Topliss-reactive ketones (excluding diaryl/α,β-unsaturated/α-hetero) is 1. The van der Waals surface area contributed by atoms with Gasteiger partial charge in [-0.05, 0) is 24.9 Å². The summed E-state index contributed by atoms with van der Waals surface area (Å²) in [7, 11) is 2.12. The van der Waals surface area contributed by atoms with Gasteiger partial charge in [0.25, 0.3) is 5.91 Å². The molecule has 1 unspecified atom stereocenters. The Morgan fingerprint density at radius 3 is 2.16 bits per heavy atom. The molecule has 0 bridgehead atoms. The Morgan fingerprint density at radius 2 is 1.64 bits per heavy atom. The van der Waals surface area contributed by atoms with E-state index in [-0.39, 0.29) is 11.5 Å². The summed E-state index contributed by atoms with van der Waals surface area (Å²) >= 11 is 0. The lowest BCUT2D eigenvalue weighted by Crippen LogP contribution is -2.51. The van der Waals surface area contributed by atoms with Gasteiger partial charge in [0.05, 0.1) is 0 Å². The third-order valence-corrected chi connectivity index (χ3v) is 4.94. The zero-order valence-corrected chi connectivity index (χ0v) is 16.1. The molecule has 138 valence electrons. The van der Waals surface area contributed by atoms with E-state index in [0.29, 0.717) is 12.1 Å². The van der Waals surface area contributed by atoms with Crippen molar-refractivity contribution < 1.29 is 9.59 Å². The third-order valence-electron chi connectivity index (χ3n) is 4.94. The summed E-state index contributed by atoms with van der Waals surface area (Å²) < 4.78 is 0. The summed E-state index contributed by atoms with van der Waals surface area (Å²) in [4.78, 5) is 29.1. The molecule has 1 atom stereocenters. The highest BCUT2D eigenvalue weighted by molar-refractivity contribution is 6.42. The van der Waals surface area contributed by atoms with E-state index in [1.165, 1.54) is 0 Å². The van der Waals surface area contributed by atoms with Gasteiger partial charge in [-0.1, -0.05) is 45.0 Å². The first-order chi connectivity index (χ1) is 11.7. The molecule has 1 aromatic carbocycles. The zero-order chi connectivity index (χ0) is 18.6. The lowest BCUT2D eigenvalue weighted by molar-refractivity contribution is -0.117. The van der Waals surface area contributed by atoms with E-state index in [4.69, 9.17) is 0 Å². The molecule has 0 aliphatic carbocycles. The summed E-state index contributed by atoms with van der Waals surface area (Å²) in [6.45, 7) is 13.0. The molecule has 5 nitrogen and oxygen atoms in total. The molecular formula is C20H31N3O2. The number of ketones is 1. The lowest BCUT2D eigenvalue weighted by atomic mass is 9.86. The van der Waals surface area contributed by atoms with Crippen LogP contribution >= 0.6 is 0 Å². The smallest absolute Gasteiger partial charge is 0.292 e. The minimum Gasteiger partial charge on any atom is -0.348 e. The van der Waals surface area contributed by atoms with Gasteiger partial charge < -0.3 is 10.2 Å². The summed E-state index contributed by atoms with van der Waals surface area (Å²) in [5.74, 6) is -0.990. The van der Waals surface area contributed by atoms with Crippen molar-refractivity contribution in [3.8, 4) is 0 Å². The van der Waals surface area contributed by atoms with Gasteiger partial charge in [0.15, 0.2) is 0 Å². The Balaban J connectivity index is 1.86. The average molecular weight is 345 g/mol. The van der Waals surface area contributed by atoms with Crippen LogP contribution in [0, 0.1) is 0 Å². The van der Waals surface area contributed by atoms with E-state index in [1.54, 1.807) is 12.1 Å². The second kappa shape index (κ2) is 8.11. The first kappa shape index (κ1) is 19.6. The monoisotopic (exact) mass is 345 g/mol. The largest absolute Gasteiger partial charge is 0.348 e. The SMILES string of the molecule is CC(CNC(=O)C(=O)c1ccc(C(C)(C)C)cc1)N1CCN(C)CC1. The summed E-state index contributed by atoms with van der Waals surface area (Å²) in [6, 6.07) is 7.56. The first-order valence-electron chi connectivity index (χ1n) is 9.04. The Morgan fingerprint density at radius 1 is 1.08 bits per heavy atom. The van der Waals surface area contributed by atoms with Crippen LogP contribution in [0.3, 0.4) is 0 Å². The Labute approximate surface area is 151 Å². The van der Waals surface area contributed by atoms with Gasteiger partial charge >= 0.3 is 0 Å². The van der Waals surface area contributed by atoms with Gasteiger partial charge in [-0.3, -0.25) is 14.5 Å². The first-order valence-corrected chi connectivity index (χ1v) is 9.04. The number of amides is 1. The quantitative estimate of drug-likeness (QED) is 0.654. The summed E-state index contributed by atoms with van der Waals surface area (Å²) in [6.07, 6.45) is 0. The number of carbonyl (C=O) groups is 2. The Hall–Kier alpha value is -1.72. The molecule has 0 aromatic heterocycles. The van der Waals surface area contributed by atoms with Crippen LogP contribution in [0.4, 0.5) is 0 Å². The Bertz CT molecular complexity index is 596. The predicted molar refractivity (Wildman–Crippen MR) is 101 cm³/mol. The highest BCUT2D eigenvalue weighted by Crippen LogP contribution is 2.22. The van der Waals surface area contributed by atoms with Gasteiger partial charge in [-0.2, -0.15) is 0 Å². The maximum atomic E-state index is 12.3. The van der Waals surface area contributed by atoms with Crippen LogP contribution in [-0.4, -0.2) is 67.3 Å². The van der Waals surface area contributed by atoms with E-state index < -0.39 is 11.7 Å². The lowest BCUT2D eigenvalue weighted by Gasteiger charge is -2.36. The number of hydrogen-bond acceptors (Lipinski definition) is 4. The van der Waals surface area contributed by atoms with E-state index >= 15 is 0 Å². The molecule has 0 saturated carbocycles. The highest BCUT2D eigenvalue weighted by atomic mass is 16.2. The molecule has 0 radical (unpaired) electrons. The van der Waals surface area contributed by atoms with E-state index in [2.05, 4.69) is 49.9 Å². The number of benzene rings is 1. The van der Waals surface area contributed by atoms with Crippen molar-refractivity contribution in [2.75, 3.05) is 39.8 Å². The minimum absolute atomic E-state index is 0.0295. The number of nitrogens with zero attached hydrogens (tertiary/aromatic N) is 2. The molecule has 2 rings (SSSR count). The predicted octanol–water partition coefficient (Wildman–Crippen LogP) is 1.92. The van der Waals surface area contributed by atoms with Crippen LogP contribution in [0.15, 0.2) is 24.3 Å². The normalized spacial score (nSPS) is 18.0. The number of nitrogens with one attached hydrogen (secondary N) is 1. The van der Waals surface area contributed by atoms with Crippen LogP contribution in [0.25, 0.3) is 0 Å². The maximum absolute atomic E-state index is 12.3. The fraction of sp³-hybridized carbons (Fsp3) is 0.600. The van der Waals surface area contributed by atoms with Crippen molar-refractivity contribution in [3.05, 3.63) is 35.4 Å². The molecule has 1 aliphatic heterocycles. The van der Waals surface area contributed by atoms with Crippen molar-refractivity contribution in [1.82, 2.24) is 15.1 Å². The number of likely N-dealkylation sites (N-methyl/N-ethyl adjacent to an activating group) is 1. The maximum Gasteiger partial charge on any atom is 0.292 e. The standard InChI is InChI=1S/C20H31N3O2/c1-15(23-12-10-22(5)11-13-23)14-21-19(25)18(24)16-6-8-17(9-7-16)20(2,3)4/h6-9,15H,10-14H2,1-5H3,(H,21,25). The van der Waals surface area contributed by atoms with Crippen LogP contribution in [0.1, 0.15) is 43.6 Å². The fourth-order valence-corrected chi connectivity index (χ4v) is 2.97.